The number of hydrogen-bond donors (Lipinski definition) is 1. The highest BCUT2D eigenvalue weighted by Crippen LogP contribution is 2.40. The minimum atomic E-state index is -0.780. The van der Waals surface area contributed by atoms with Crippen LogP contribution in [-0.2, 0) is 32.1 Å². The fourth-order valence-corrected chi connectivity index (χ4v) is 6.02. The molecule has 0 saturated carbocycles. The number of rotatable bonds is 7. The van der Waals surface area contributed by atoms with Gasteiger partial charge in [0.05, 0.1) is 6.42 Å². The van der Waals surface area contributed by atoms with Crippen LogP contribution in [0.15, 0.2) is 58.8 Å². The van der Waals surface area contributed by atoms with Gasteiger partial charge in [-0.3, -0.25) is 9.59 Å². The van der Waals surface area contributed by atoms with E-state index in [0.29, 0.717) is 5.33 Å². The summed E-state index contributed by atoms with van der Waals surface area (Å²) in [5, 5.41) is 6.75. The molecule has 3 heterocycles. The van der Waals surface area contributed by atoms with Gasteiger partial charge < -0.3 is 15.0 Å². The van der Waals surface area contributed by atoms with Crippen LogP contribution in [0, 0.1) is 0 Å². The summed E-state index contributed by atoms with van der Waals surface area (Å²) in [6, 6.07) is 11.8. The van der Waals surface area contributed by atoms with Gasteiger partial charge in [-0.2, -0.15) is 0 Å². The zero-order valence-electron chi connectivity index (χ0n) is 15.8. The third kappa shape index (κ3) is 4.33. The van der Waals surface area contributed by atoms with Crippen LogP contribution in [0.5, 0.6) is 0 Å². The number of amides is 2. The predicted octanol–water partition coefficient (Wildman–Crippen LogP) is 3.08. The SMILES string of the molecule is O=C(Cc1cccs1)NC1C(=O)N2C(C(=O)OCc3ccccc3)C(CBr)=CS[C@H]12. The van der Waals surface area contributed by atoms with E-state index in [1.165, 1.54) is 28.0 Å². The minimum Gasteiger partial charge on any atom is -0.459 e. The van der Waals surface area contributed by atoms with E-state index in [4.69, 9.17) is 4.74 Å². The van der Waals surface area contributed by atoms with Crippen molar-refractivity contribution >= 4 is 56.8 Å². The number of hydrogen-bond acceptors (Lipinski definition) is 6. The van der Waals surface area contributed by atoms with E-state index < -0.39 is 18.1 Å². The van der Waals surface area contributed by atoms with Crippen LogP contribution >= 0.6 is 39.0 Å². The van der Waals surface area contributed by atoms with Crippen molar-refractivity contribution in [2.24, 2.45) is 0 Å². The van der Waals surface area contributed by atoms with Gasteiger partial charge in [-0.25, -0.2) is 4.79 Å². The van der Waals surface area contributed by atoms with Crippen LogP contribution in [0.3, 0.4) is 0 Å². The molecular formula is C21H19BrN2O4S2. The fourth-order valence-electron chi connectivity index (χ4n) is 3.41. The highest BCUT2D eigenvalue weighted by atomic mass is 79.9. The van der Waals surface area contributed by atoms with Gasteiger partial charge >= 0.3 is 5.97 Å². The molecule has 0 aliphatic carbocycles. The summed E-state index contributed by atoms with van der Waals surface area (Å²) in [6.45, 7) is 0.145. The third-order valence-corrected chi connectivity index (χ3v) is 7.64. The first-order chi connectivity index (χ1) is 14.6. The number of thioether (sulfide) groups is 1. The lowest BCUT2D eigenvalue weighted by Gasteiger charge is -2.51. The van der Waals surface area contributed by atoms with Crippen LogP contribution < -0.4 is 5.32 Å². The van der Waals surface area contributed by atoms with E-state index in [-0.39, 0.29) is 30.2 Å². The molecule has 1 saturated heterocycles. The third-order valence-electron chi connectivity index (χ3n) is 4.90. The maximum absolute atomic E-state index is 12.8. The van der Waals surface area contributed by atoms with E-state index in [9.17, 15) is 14.4 Å². The van der Waals surface area contributed by atoms with Gasteiger partial charge in [-0.15, -0.1) is 23.1 Å². The standard InChI is InChI=1S/C21H19BrN2O4S2/c22-10-14-12-30-20-17(23-16(25)9-15-7-4-8-29-15)19(26)24(20)18(14)21(27)28-11-13-5-2-1-3-6-13/h1-8,12,17-18,20H,9-11H2,(H,23,25)/t17?,18?,20-/m1/s1. The topological polar surface area (TPSA) is 75.7 Å². The second-order valence-electron chi connectivity index (χ2n) is 6.90. The number of nitrogens with one attached hydrogen (secondary N) is 1. The minimum absolute atomic E-state index is 0.145. The Balaban J connectivity index is 1.42. The molecular weight excluding hydrogens is 488 g/mol. The highest BCUT2D eigenvalue weighted by molar-refractivity contribution is 9.09. The van der Waals surface area contributed by atoms with Crippen LogP contribution in [0.2, 0.25) is 0 Å². The van der Waals surface area contributed by atoms with Gasteiger partial charge in [0.2, 0.25) is 11.8 Å². The molecule has 1 N–H and O–H groups in total. The Hall–Kier alpha value is -2.10. The number of carbonyl (C=O) groups excluding carboxylic acids is 3. The Labute approximate surface area is 190 Å². The number of fused-ring (bicyclic) bond motifs is 1. The molecule has 6 nitrogen and oxygen atoms in total. The average molecular weight is 507 g/mol. The number of β-lactam (4-membered cyclic amide) rings is 1. The quantitative estimate of drug-likeness (QED) is 0.354. The van der Waals surface area contributed by atoms with E-state index in [1.807, 2.05) is 53.3 Å². The molecule has 4 rings (SSSR count). The number of carbonyl (C=O) groups is 3. The molecule has 0 spiro atoms. The van der Waals surface area contributed by atoms with Gasteiger partial charge in [0, 0.05) is 10.2 Å². The number of ether oxygens (including phenoxy) is 1. The monoisotopic (exact) mass is 506 g/mol. The first kappa shape index (κ1) is 21.1. The normalized spacial score (nSPS) is 22.6. The van der Waals surface area contributed by atoms with Crippen molar-refractivity contribution in [1.29, 1.82) is 0 Å². The molecule has 2 amide bonds. The first-order valence-corrected chi connectivity index (χ1v) is 12.3. The van der Waals surface area contributed by atoms with E-state index >= 15 is 0 Å². The lowest BCUT2D eigenvalue weighted by molar-refractivity contribution is -0.163. The average Bonchev–Trinajstić information content (AvgIpc) is 3.28. The predicted molar refractivity (Wildman–Crippen MR) is 120 cm³/mol. The Bertz CT molecular complexity index is 965. The van der Waals surface area contributed by atoms with Crippen molar-refractivity contribution in [2.45, 2.75) is 30.5 Å². The molecule has 2 aromatic rings. The number of nitrogens with zero attached hydrogens (tertiary/aromatic N) is 1. The van der Waals surface area contributed by atoms with Gasteiger partial charge in [0.1, 0.15) is 18.0 Å². The highest BCUT2D eigenvalue weighted by Gasteiger charge is 2.56. The molecule has 1 fully saturated rings. The second-order valence-corrected chi connectivity index (χ2v) is 9.48. The number of alkyl halides is 1. The molecule has 2 unspecified atom stereocenters. The largest absolute Gasteiger partial charge is 0.459 e. The lowest BCUT2D eigenvalue weighted by Crippen LogP contribution is -2.74. The number of halogens is 1. The summed E-state index contributed by atoms with van der Waals surface area (Å²) in [4.78, 5) is 40.5. The molecule has 1 aromatic heterocycles. The number of benzene rings is 1. The van der Waals surface area contributed by atoms with Crippen LogP contribution in [0.25, 0.3) is 0 Å². The van der Waals surface area contributed by atoms with Gasteiger partial charge in [-0.05, 0) is 28.0 Å². The summed E-state index contributed by atoms with van der Waals surface area (Å²) >= 11 is 6.34. The lowest BCUT2D eigenvalue weighted by atomic mass is 9.98. The molecule has 156 valence electrons. The van der Waals surface area contributed by atoms with Crippen molar-refractivity contribution in [1.82, 2.24) is 10.2 Å². The molecule has 9 heteroatoms. The number of thiophene rings is 1. The Morgan fingerprint density at radius 2 is 1.97 bits per heavy atom. The molecule has 30 heavy (non-hydrogen) atoms. The first-order valence-electron chi connectivity index (χ1n) is 9.33. The zero-order valence-corrected chi connectivity index (χ0v) is 19.0. The summed E-state index contributed by atoms with van der Waals surface area (Å²) in [5.74, 6) is -0.929. The molecule has 2 aliphatic rings. The zero-order chi connectivity index (χ0) is 21.1. The Morgan fingerprint density at radius 1 is 1.17 bits per heavy atom. The van der Waals surface area contributed by atoms with Gasteiger partial charge in [0.25, 0.3) is 0 Å². The molecule has 2 aliphatic heterocycles. The summed E-state index contributed by atoms with van der Waals surface area (Å²) in [5.41, 5.74) is 1.65. The van der Waals surface area contributed by atoms with Gasteiger partial charge in [-0.1, -0.05) is 52.3 Å². The van der Waals surface area contributed by atoms with Crippen LogP contribution in [-0.4, -0.2) is 45.5 Å². The van der Waals surface area contributed by atoms with E-state index in [2.05, 4.69) is 21.2 Å². The van der Waals surface area contributed by atoms with Crippen molar-refractivity contribution in [3.05, 3.63) is 69.3 Å². The van der Waals surface area contributed by atoms with Crippen molar-refractivity contribution in [3.8, 4) is 0 Å². The second kappa shape index (κ2) is 9.36. The van der Waals surface area contributed by atoms with E-state index in [1.54, 1.807) is 0 Å². The van der Waals surface area contributed by atoms with Crippen molar-refractivity contribution in [2.75, 3.05) is 5.33 Å². The smallest absolute Gasteiger partial charge is 0.333 e. The maximum Gasteiger partial charge on any atom is 0.333 e. The van der Waals surface area contributed by atoms with Crippen LogP contribution in [0.1, 0.15) is 10.4 Å². The fraction of sp³-hybridized carbons (Fsp3) is 0.286. The molecule has 0 bridgehead atoms. The van der Waals surface area contributed by atoms with E-state index in [0.717, 1.165) is 16.0 Å². The molecule has 3 atom stereocenters. The maximum atomic E-state index is 12.8. The molecule has 0 radical (unpaired) electrons. The van der Waals surface area contributed by atoms with Gasteiger partial charge in [0.15, 0.2) is 6.04 Å². The van der Waals surface area contributed by atoms with Crippen LogP contribution in [0.4, 0.5) is 0 Å². The number of esters is 1. The Morgan fingerprint density at radius 3 is 2.67 bits per heavy atom. The summed E-state index contributed by atoms with van der Waals surface area (Å²) in [7, 11) is 0. The summed E-state index contributed by atoms with van der Waals surface area (Å²) in [6.07, 6.45) is 0.240. The van der Waals surface area contributed by atoms with Crippen molar-refractivity contribution < 1.29 is 19.1 Å². The van der Waals surface area contributed by atoms with Crippen molar-refractivity contribution in [3.63, 3.8) is 0 Å². The Kier molecular flexibility index (Phi) is 6.60. The summed E-state index contributed by atoms with van der Waals surface area (Å²) < 4.78 is 5.50. The molecule has 1 aromatic carbocycles.